The molecule has 0 heterocycles. The van der Waals surface area contributed by atoms with Crippen LogP contribution in [0.15, 0.2) is 150 Å². The first-order valence-corrected chi connectivity index (χ1v) is 14.8. The second-order valence-electron chi connectivity index (χ2n) is 10.2. The third kappa shape index (κ3) is 6.26. The summed E-state index contributed by atoms with van der Waals surface area (Å²) < 4.78 is 5.80. The van der Waals surface area contributed by atoms with Gasteiger partial charge in [0.05, 0.1) is 5.75 Å². The standard InChI is InChI=1S/C19H14.C13H9Br.C6H6BO2/c1-2-6-14(7-3-1)15-10-11-17-12-16-8-4-5-9-18(16)19(17)13-15;14-11-6-5-10-7-9-3-1-2-4-12(9)13(10)8-11;8-7-9-6-4-2-1-3-5-6/h1-11,13H,12H2;1-6,8H,7H2;1-5,8H. The van der Waals surface area contributed by atoms with Crippen LogP contribution in [0, 0.1) is 0 Å². The minimum absolute atomic E-state index is 0.639. The van der Waals surface area contributed by atoms with Gasteiger partial charge in [0.2, 0.25) is 0 Å². The van der Waals surface area contributed by atoms with Gasteiger partial charge >= 0.3 is 7.69 Å². The van der Waals surface area contributed by atoms with Gasteiger partial charge in [-0.25, -0.2) is 0 Å². The molecule has 6 aromatic carbocycles. The summed E-state index contributed by atoms with van der Waals surface area (Å²) in [4.78, 5) is 0. The van der Waals surface area contributed by atoms with Crippen molar-refractivity contribution in [2.45, 2.75) is 12.8 Å². The van der Waals surface area contributed by atoms with E-state index in [1.54, 1.807) is 12.1 Å². The Kier molecular flexibility index (Phi) is 8.65. The number of halogens is 1. The van der Waals surface area contributed by atoms with Crippen LogP contribution in [0.3, 0.4) is 0 Å². The summed E-state index contributed by atoms with van der Waals surface area (Å²) in [6.07, 6.45) is 2.15. The highest BCUT2D eigenvalue weighted by Crippen LogP contribution is 2.39. The molecule has 0 saturated heterocycles. The fourth-order valence-electron chi connectivity index (χ4n) is 5.59. The van der Waals surface area contributed by atoms with Crippen molar-refractivity contribution in [2.75, 3.05) is 0 Å². The van der Waals surface area contributed by atoms with E-state index in [-0.39, 0.29) is 0 Å². The molecule has 0 aliphatic heterocycles. The van der Waals surface area contributed by atoms with Gasteiger partial charge in [0.25, 0.3) is 0 Å². The van der Waals surface area contributed by atoms with E-state index in [9.17, 15) is 0 Å². The molecule has 0 bridgehead atoms. The van der Waals surface area contributed by atoms with Crippen molar-refractivity contribution in [1.82, 2.24) is 0 Å². The van der Waals surface area contributed by atoms with Crippen molar-refractivity contribution in [3.63, 3.8) is 0 Å². The van der Waals surface area contributed by atoms with E-state index >= 15 is 0 Å². The topological polar surface area (TPSA) is 29.5 Å². The summed E-state index contributed by atoms with van der Waals surface area (Å²) in [5.74, 6) is 0.639. The van der Waals surface area contributed by atoms with Crippen molar-refractivity contribution < 1.29 is 9.68 Å². The highest BCUT2D eigenvalue weighted by atomic mass is 79.9. The predicted octanol–water partition coefficient (Wildman–Crippen LogP) is 9.54. The quantitative estimate of drug-likeness (QED) is 0.203. The van der Waals surface area contributed by atoms with Crippen molar-refractivity contribution in [3.8, 4) is 39.1 Å². The van der Waals surface area contributed by atoms with Crippen molar-refractivity contribution in [3.05, 3.63) is 172 Å². The fraction of sp³-hybridized carbons (Fsp3) is 0.0526. The molecule has 4 heteroatoms. The van der Waals surface area contributed by atoms with Gasteiger partial charge in [0, 0.05) is 4.47 Å². The molecule has 1 N–H and O–H groups in total. The monoisotopic (exact) mass is 607 g/mol. The van der Waals surface area contributed by atoms with Crippen LogP contribution >= 0.6 is 15.9 Å². The normalized spacial score (nSPS) is 11.4. The maximum absolute atomic E-state index is 8.17. The molecule has 8 rings (SSSR count). The van der Waals surface area contributed by atoms with Gasteiger partial charge in [-0.3, -0.25) is 0 Å². The molecule has 0 unspecified atom stereocenters. The van der Waals surface area contributed by atoms with E-state index in [0.29, 0.717) is 13.4 Å². The van der Waals surface area contributed by atoms with Crippen LogP contribution in [0.4, 0.5) is 0 Å². The molecule has 1 radical (unpaired) electrons. The van der Waals surface area contributed by atoms with E-state index in [4.69, 9.17) is 5.02 Å². The second kappa shape index (κ2) is 13.1. The van der Waals surface area contributed by atoms with Crippen molar-refractivity contribution in [1.29, 1.82) is 0 Å². The van der Waals surface area contributed by atoms with Gasteiger partial charge in [-0.1, -0.05) is 131 Å². The zero-order valence-corrected chi connectivity index (χ0v) is 24.7. The van der Waals surface area contributed by atoms with Crippen LogP contribution in [-0.4, -0.2) is 12.7 Å². The summed E-state index contributed by atoms with van der Waals surface area (Å²) >= 11 is 3.52. The molecule has 6 aromatic rings. The Labute approximate surface area is 256 Å². The summed E-state index contributed by atoms with van der Waals surface area (Å²) in [7, 11) is 0.662. The van der Waals surface area contributed by atoms with Gasteiger partial charge in [0.15, 0.2) is 0 Å². The Bertz CT molecular complexity index is 1800. The van der Waals surface area contributed by atoms with Crippen LogP contribution < -0.4 is 4.65 Å². The smallest absolute Gasteiger partial charge is 0.537 e. The lowest BCUT2D eigenvalue weighted by Gasteiger charge is -2.06. The summed E-state index contributed by atoms with van der Waals surface area (Å²) in [5, 5.41) is 8.17. The zero-order valence-electron chi connectivity index (χ0n) is 23.1. The van der Waals surface area contributed by atoms with Crippen molar-refractivity contribution >= 4 is 23.6 Å². The van der Waals surface area contributed by atoms with Gasteiger partial charge in [-0.2, -0.15) is 0 Å². The summed E-state index contributed by atoms with van der Waals surface area (Å²) in [5.41, 5.74) is 13.9. The fourth-order valence-corrected chi connectivity index (χ4v) is 5.95. The van der Waals surface area contributed by atoms with Crippen LogP contribution in [0.5, 0.6) is 5.75 Å². The average molecular weight is 608 g/mol. The predicted molar refractivity (Wildman–Crippen MR) is 178 cm³/mol. The lowest BCUT2D eigenvalue weighted by atomic mass is 9.99. The van der Waals surface area contributed by atoms with E-state index in [1.165, 1.54) is 55.6 Å². The molecular formula is C38H29BBrO2. The third-order valence-electron chi connectivity index (χ3n) is 7.60. The Morgan fingerprint density at radius 3 is 1.60 bits per heavy atom. The molecule has 2 aliphatic rings. The van der Waals surface area contributed by atoms with E-state index in [0.717, 1.165) is 17.3 Å². The highest BCUT2D eigenvalue weighted by Gasteiger charge is 2.18. The van der Waals surface area contributed by atoms with E-state index in [2.05, 4.69) is 136 Å². The molecule has 0 spiro atoms. The number of fused-ring (bicyclic) bond motifs is 6. The summed E-state index contributed by atoms with van der Waals surface area (Å²) in [6, 6.07) is 50.4. The molecule has 0 atom stereocenters. The number of hydrogen-bond donors (Lipinski definition) is 1. The van der Waals surface area contributed by atoms with Crippen LogP contribution in [0.1, 0.15) is 22.3 Å². The first kappa shape index (κ1) is 27.8. The lowest BCUT2D eigenvalue weighted by molar-refractivity contribution is 0.454. The SMILES string of the molecule is Brc1ccc2c(c1)-c1ccccc1C2.O[B]Oc1ccccc1.c1ccc(-c2ccc3c(c2)-c2ccccc2C3)cc1. The molecule has 0 aromatic heterocycles. The molecule has 2 nitrogen and oxygen atoms in total. The summed E-state index contributed by atoms with van der Waals surface area (Å²) in [6.45, 7) is 0. The average Bonchev–Trinajstić information content (AvgIpc) is 3.60. The minimum Gasteiger partial charge on any atom is -0.537 e. The molecule has 0 amide bonds. The van der Waals surface area contributed by atoms with E-state index in [1.807, 2.05) is 18.2 Å². The van der Waals surface area contributed by atoms with E-state index < -0.39 is 0 Å². The molecular weight excluding hydrogens is 579 g/mol. The first-order chi connectivity index (χ1) is 20.7. The highest BCUT2D eigenvalue weighted by molar-refractivity contribution is 9.10. The number of para-hydroxylation sites is 1. The Morgan fingerprint density at radius 2 is 0.976 bits per heavy atom. The van der Waals surface area contributed by atoms with Crippen LogP contribution in [0.25, 0.3) is 33.4 Å². The van der Waals surface area contributed by atoms with Crippen molar-refractivity contribution in [2.24, 2.45) is 0 Å². The van der Waals surface area contributed by atoms with Gasteiger partial charge < -0.3 is 9.68 Å². The van der Waals surface area contributed by atoms with Crippen LogP contribution in [0.2, 0.25) is 0 Å². The number of rotatable bonds is 3. The maximum Gasteiger partial charge on any atom is 0.569 e. The van der Waals surface area contributed by atoms with Gasteiger partial charge in [-0.05, 0) is 98.8 Å². The number of hydrogen-bond acceptors (Lipinski definition) is 2. The molecule has 2 aliphatic carbocycles. The van der Waals surface area contributed by atoms with Crippen LogP contribution in [-0.2, 0) is 12.8 Å². The molecule has 0 fully saturated rings. The maximum atomic E-state index is 8.17. The lowest BCUT2D eigenvalue weighted by Crippen LogP contribution is -1.98. The first-order valence-electron chi connectivity index (χ1n) is 14.0. The van der Waals surface area contributed by atoms with Gasteiger partial charge in [0.1, 0.15) is 0 Å². The second-order valence-corrected chi connectivity index (χ2v) is 11.2. The molecule has 42 heavy (non-hydrogen) atoms. The Balaban J connectivity index is 0.000000121. The van der Waals surface area contributed by atoms with Gasteiger partial charge in [-0.15, -0.1) is 0 Å². The largest absolute Gasteiger partial charge is 0.569 e. The zero-order chi connectivity index (χ0) is 28.7. The molecule has 203 valence electrons. The molecule has 0 saturated carbocycles. The minimum atomic E-state index is 0.639. The third-order valence-corrected chi connectivity index (χ3v) is 8.09. The Morgan fingerprint density at radius 1 is 0.476 bits per heavy atom. The Hall–Kier alpha value is -4.38. The number of benzene rings is 6.